The summed E-state index contributed by atoms with van der Waals surface area (Å²) in [5.41, 5.74) is 0. The predicted octanol–water partition coefficient (Wildman–Crippen LogP) is 7.24. The molecule has 0 N–H and O–H groups in total. The maximum Gasteiger partial charge on any atom is 0.396 e. The predicted molar refractivity (Wildman–Crippen MR) is 95.2 cm³/mol. The number of hydrogen-bond donors (Lipinski definition) is 0. The highest BCUT2D eigenvalue weighted by atomic mass is 79.9. The summed E-state index contributed by atoms with van der Waals surface area (Å²) in [5, 5.41) is 0. The van der Waals surface area contributed by atoms with Gasteiger partial charge >= 0.3 is 6.30 Å². The Hall–Kier alpha value is 0.630. The van der Waals surface area contributed by atoms with Gasteiger partial charge in [-0.2, -0.15) is 0 Å². The van der Waals surface area contributed by atoms with Crippen LogP contribution in [0.4, 0.5) is 0 Å². The molecular formula is C16H34BrO3P. The summed E-state index contributed by atoms with van der Waals surface area (Å²) < 4.78 is 22.6. The van der Waals surface area contributed by atoms with E-state index in [1.807, 2.05) is 0 Å². The van der Waals surface area contributed by atoms with E-state index in [-0.39, 0.29) is 0 Å². The summed E-state index contributed by atoms with van der Waals surface area (Å²) in [7, 11) is 0. The van der Waals surface area contributed by atoms with E-state index >= 15 is 0 Å². The highest BCUT2D eigenvalue weighted by Crippen LogP contribution is 2.56. The molecule has 0 amide bonds. The second-order valence-corrected chi connectivity index (χ2v) is 9.62. The summed E-state index contributed by atoms with van der Waals surface area (Å²) in [6.07, 6.45) is 11.4. The fourth-order valence-electron chi connectivity index (χ4n) is 2.15. The molecule has 0 heterocycles. The number of rotatable bonds is 16. The first-order valence-electron chi connectivity index (χ1n) is 8.71. The molecule has 21 heavy (non-hydrogen) atoms. The topological polar surface area (TPSA) is 35.5 Å². The van der Waals surface area contributed by atoms with Crippen LogP contribution < -0.4 is 0 Å². The molecule has 0 unspecified atom stereocenters. The van der Waals surface area contributed by atoms with Crippen molar-refractivity contribution in [2.24, 2.45) is 0 Å². The average Bonchev–Trinajstić information content (AvgIpc) is 2.45. The van der Waals surface area contributed by atoms with E-state index < -0.39 is 6.30 Å². The number of unbranched alkanes of at least 4 members (excludes halogenated alkanes) is 10. The Morgan fingerprint density at radius 1 is 0.667 bits per heavy atom. The third-order valence-electron chi connectivity index (χ3n) is 3.49. The SMILES string of the molecule is CCCCCCCCOP(=O)(Br)OCCCCCCCC. The van der Waals surface area contributed by atoms with E-state index in [0.29, 0.717) is 13.2 Å². The van der Waals surface area contributed by atoms with Gasteiger partial charge in [0.2, 0.25) is 0 Å². The Labute approximate surface area is 139 Å². The Kier molecular flexibility index (Phi) is 16.0. The first-order chi connectivity index (χ1) is 10.1. The molecule has 0 atom stereocenters. The zero-order chi connectivity index (χ0) is 15.8. The minimum absolute atomic E-state index is 0.519. The van der Waals surface area contributed by atoms with E-state index in [9.17, 15) is 4.57 Å². The van der Waals surface area contributed by atoms with Crippen LogP contribution in [0.2, 0.25) is 0 Å². The summed E-state index contributed by atoms with van der Waals surface area (Å²) in [6.45, 7) is 5.47. The van der Waals surface area contributed by atoms with Crippen LogP contribution in [0.5, 0.6) is 0 Å². The summed E-state index contributed by atoms with van der Waals surface area (Å²) in [5.74, 6) is 0. The maximum absolute atomic E-state index is 12.0. The van der Waals surface area contributed by atoms with Crippen LogP contribution in [-0.4, -0.2) is 13.2 Å². The van der Waals surface area contributed by atoms with Gasteiger partial charge in [-0.05, 0) is 12.8 Å². The number of hydrogen-bond acceptors (Lipinski definition) is 3. The van der Waals surface area contributed by atoms with Gasteiger partial charge in [-0.1, -0.05) is 78.1 Å². The third-order valence-corrected chi connectivity index (χ3v) is 5.70. The van der Waals surface area contributed by atoms with E-state index in [4.69, 9.17) is 9.05 Å². The minimum Gasteiger partial charge on any atom is -0.301 e. The van der Waals surface area contributed by atoms with Gasteiger partial charge in [0.05, 0.1) is 13.2 Å². The Bertz CT molecular complexity index is 240. The smallest absolute Gasteiger partial charge is 0.301 e. The van der Waals surface area contributed by atoms with E-state index in [1.165, 1.54) is 51.4 Å². The third kappa shape index (κ3) is 16.8. The van der Waals surface area contributed by atoms with Crippen LogP contribution in [0, 0.1) is 0 Å². The molecule has 0 aromatic rings. The van der Waals surface area contributed by atoms with E-state index in [0.717, 1.165) is 25.7 Å². The monoisotopic (exact) mass is 384 g/mol. The van der Waals surface area contributed by atoms with Crippen molar-refractivity contribution in [3.05, 3.63) is 0 Å². The fraction of sp³-hybridized carbons (Fsp3) is 1.00. The lowest BCUT2D eigenvalue weighted by Crippen LogP contribution is -1.95. The molecule has 128 valence electrons. The highest BCUT2D eigenvalue weighted by molar-refractivity contribution is 9.39. The van der Waals surface area contributed by atoms with Crippen molar-refractivity contribution >= 4 is 21.8 Å². The molecule has 0 spiro atoms. The van der Waals surface area contributed by atoms with Crippen LogP contribution in [0.1, 0.15) is 90.9 Å². The minimum atomic E-state index is -3.00. The lowest BCUT2D eigenvalue weighted by Gasteiger charge is -2.12. The number of halogens is 1. The van der Waals surface area contributed by atoms with E-state index in [1.54, 1.807) is 0 Å². The van der Waals surface area contributed by atoms with Gasteiger partial charge in [0.1, 0.15) is 0 Å². The molecule has 5 heteroatoms. The van der Waals surface area contributed by atoms with Gasteiger partial charge < -0.3 is 9.05 Å². The average molecular weight is 385 g/mol. The largest absolute Gasteiger partial charge is 0.396 e. The Morgan fingerprint density at radius 3 is 1.38 bits per heavy atom. The highest BCUT2D eigenvalue weighted by Gasteiger charge is 2.18. The van der Waals surface area contributed by atoms with Crippen LogP contribution in [0.25, 0.3) is 0 Å². The van der Waals surface area contributed by atoms with Gasteiger partial charge in [-0.3, -0.25) is 0 Å². The standard InChI is InChI=1S/C16H34BrO3P/c1-3-5-7-9-11-13-15-19-21(17,18)20-16-14-12-10-8-6-4-2/h3-16H2,1-2H3. The Morgan fingerprint density at radius 2 is 1.00 bits per heavy atom. The molecule has 0 saturated carbocycles. The van der Waals surface area contributed by atoms with E-state index in [2.05, 4.69) is 29.3 Å². The van der Waals surface area contributed by atoms with Crippen molar-refractivity contribution in [1.82, 2.24) is 0 Å². The zero-order valence-corrected chi connectivity index (χ0v) is 16.4. The molecule has 3 nitrogen and oxygen atoms in total. The molecule has 0 radical (unpaired) electrons. The molecule has 0 aliphatic heterocycles. The van der Waals surface area contributed by atoms with Crippen LogP contribution in [-0.2, 0) is 13.6 Å². The van der Waals surface area contributed by atoms with Crippen LogP contribution in [0.3, 0.4) is 0 Å². The van der Waals surface area contributed by atoms with Crippen LogP contribution >= 0.6 is 21.8 Å². The molecule has 0 aliphatic rings. The lowest BCUT2D eigenvalue weighted by molar-refractivity contribution is 0.213. The van der Waals surface area contributed by atoms with Crippen molar-refractivity contribution in [2.75, 3.05) is 13.2 Å². The van der Waals surface area contributed by atoms with Crippen molar-refractivity contribution < 1.29 is 13.6 Å². The maximum atomic E-state index is 12.0. The second-order valence-electron chi connectivity index (χ2n) is 5.63. The lowest BCUT2D eigenvalue weighted by atomic mass is 10.1. The van der Waals surface area contributed by atoms with Gasteiger partial charge in [-0.25, -0.2) is 4.57 Å². The van der Waals surface area contributed by atoms with Gasteiger partial charge in [0.25, 0.3) is 0 Å². The van der Waals surface area contributed by atoms with Gasteiger partial charge in [0.15, 0.2) is 0 Å². The molecule has 0 aromatic carbocycles. The molecule has 0 saturated heterocycles. The quantitative estimate of drug-likeness (QED) is 0.207. The van der Waals surface area contributed by atoms with Crippen molar-refractivity contribution in [3.8, 4) is 0 Å². The molecule has 0 fully saturated rings. The zero-order valence-electron chi connectivity index (χ0n) is 13.9. The normalized spacial score (nSPS) is 12.0. The van der Waals surface area contributed by atoms with Crippen molar-refractivity contribution in [3.63, 3.8) is 0 Å². The fourth-order valence-corrected chi connectivity index (χ4v) is 3.79. The molecule has 0 bridgehead atoms. The van der Waals surface area contributed by atoms with Crippen LogP contribution in [0.15, 0.2) is 0 Å². The Balaban J connectivity index is 3.37. The van der Waals surface area contributed by atoms with Crippen molar-refractivity contribution in [2.45, 2.75) is 90.9 Å². The summed E-state index contributed by atoms with van der Waals surface area (Å²) in [4.78, 5) is 0. The summed E-state index contributed by atoms with van der Waals surface area (Å²) in [6, 6.07) is 0. The first kappa shape index (κ1) is 21.6. The molecular weight excluding hydrogens is 351 g/mol. The molecule has 0 aliphatic carbocycles. The van der Waals surface area contributed by atoms with Crippen molar-refractivity contribution in [1.29, 1.82) is 0 Å². The second kappa shape index (κ2) is 15.5. The molecule has 0 rings (SSSR count). The summed E-state index contributed by atoms with van der Waals surface area (Å²) >= 11 is 3.08. The first-order valence-corrected chi connectivity index (χ1v) is 12.3. The molecule has 0 aromatic heterocycles. The van der Waals surface area contributed by atoms with Gasteiger partial charge in [-0.15, -0.1) is 0 Å². The van der Waals surface area contributed by atoms with Gasteiger partial charge in [0, 0.05) is 15.5 Å².